The van der Waals surface area contributed by atoms with Crippen molar-refractivity contribution in [2.24, 2.45) is 0 Å². The van der Waals surface area contributed by atoms with Gasteiger partial charge in [-0.25, -0.2) is 4.68 Å². The van der Waals surface area contributed by atoms with Crippen molar-refractivity contribution in [3.05, 3.63) is 66.7 Å². The molecule has 1 aliphatic heterocycles. The Bertz CT molecular complexity index is 989. The monoisotopic (exact) mass is 344 g/mol. The first-order valence-electron chi connectivity index (χ1n) is 8.79. The lowest BCUT2D eigenvalue weighted by Gasteiger charge is -2.27. The van der Waals surface area contributed by atoms with Gasteiger partial charge in [0.25, 0.3) is 5.91 Å². The number of rotatable bonds is 3. The molecular weight excluding hydrogens is 324 g/mol. The molecule has 1 aromatic heterocycles. The van der Waals surface area contributed by atoms with Crippen molar-refractivity contribution in [3.63, 3.8) is 0 Å². The zero-order chi connectivity index (χ0) is 18.1. The Kier molecular flexibility index (Phi) is 4.13. The Labute approximate surface area is 152 Å². The summed E-state index contributed by atoms with van der Waals surface area (Å²) in [7, 11) is 0. The van der Waals surface area contributed by atoms with Gasteiger partial charge in [-0.15, -0.1) is 5.10 Å². The average molecular weight is 344 g/mol. The van der Waals surface area contributed by atoms with Gasteiger partial charge < -0.3 is 4.90 Å². The van der Waals surface area contributed by atoms with Gasteiger partial charge in [-0.1, -0.05) is 61.2 Å². The third-order valence-electron chi connectivity index (χ3n) is 4.66. The van der Waals surface area contributed by atoms with Crippen LogP contribution in [-0.2, 0) is 17.9 Å². The molecule has 0 unspecified atom stereocenters. The van der Waals surface area contributed by atoms with Crippen LogP contribution < -0.4 is 4.90 Å². The summed E-state index contributed by atoms with van der Waals surface area (Å²) in [5.41, 5.74) is 5.70. The number of nitrogens with zero attached hydrogens (tertiary/aromatic N) is 4. The highest BCUT2D eigenvalue weighted by molar-refractivity contribution is 6.05. The van der Waals surface area contributed by atoms with Crippen LogP contribution in [0.25, 0.3) is 22.5 Å². The van der Waals surface area contributed by atoms with Crippen LogP contribution in [0, 0.1) is 0 Å². The number of anilines is 1. The zero-order valence-electron chi connectivity index (χ0n) is 14.7. The van der Waals surface area contributed by atoms with Crippen LogP contribution in [0.1, 0.15) is 18.9 Å². The summed E-state index contributed by atoms with van der Waals surface area (Å²) < 4.78 is 1.94. The predicted molar refractivity (Wildman–Crippen MR) is 103 cm³/mol. The summed E-state index contributed by atoms with van der Waals surface area (Å²) in [4.78, 5) is 14.4. The number of amides is 1. The number of carbonyl (C=O) groups excluding carboxylic acids is 1. The average Bonchev–Trinajstić information content (AvgIpc) is 3.08. The van der Waals surface area contributed by atoms with E-state index in [2.05, 4.69) is 23.8 Å². The van der Waals surface area contributed by atoms with Crippen molar-refractivity contribution in [1.82, 2.24) is 15.0 Å². The van der Waals surface area contributed by atoms with Crippen molar-refractivity contribution in [1.29, 1.82) is 0 Å². The molecule has 0 aliphatic carbocycles. The number of hydrogen-bond acceptors (Lipinski definition) is 3. The molecule has 0 bridgehead atoms. The molecule has 1 amide bonds. The molecule has 0 saturated carbocycles. The molecule has 5 nitrogen and oxygen atoms in total. The van der Waals surface area contributed by atoms with E-state index in [4.69, 9.17) is 0 Å². The molecule has 5 heteroatoms. The van der Waals surface area contributed by atoms with Crippen LogP contribution in [0.4, 0.5) is 5.69 Å². The van der Waals surface area contributed by atoms with Crippen molar-refractivity contribution < 1.29 is 4.79 Å². The molecule has 3 aromatic rings. The van der Waals surface area contributed by atoms with E-state index in [-0.39, 0.29) is 5.91 Å². The van der Waals surface area contributed by atoms with Crippen LogP contribution in [-0.4, -0.2) is 20.9 Å². The van der Waals surface area contributed by atoms with Gasteiger partial charge in [0.1, 0.15) is 5.69 Å². The maximum atomic E-state index is 12.6. The van der Waals surface area contributed by atoms with Crippen molar-refractivity contribution in [2.45, 2.75) is 26.4 Å². The third-order valence-corrected chi connectivity index (χ3v) is 4.66. The van der Waals surface area contributed by atoms with Crippen LogP contribution in [0.3, 0.4) is 0 Å². The minimum Gasteiger partial charge on any atom is -0.304 e. The second-order valence-electron chi connectivity index (χ2n) is 6.31. The molecule has 1 aliphatic rings. The lowest BCUT2D eigenvalue weighted by Crippen LogP contribution is -2.30. The normalized spacial score (nSPS) is 12.4. The fourth-order valence-corrected chi connectivity index (χ4v) is 3.49. The summed E-state index contributed by atoms with van der Waals surface area (Å²) in [6.45, 7) is 7.04. The number of fused-ring (bicyclic) bond motifs is 5. The highest BCUT2D eigenvalue weighted by Gasteiger charge is 2.27. The van der Waals surface area contributed by atoms with E-state index >= 15 is 0 Å². The topological polar surface area (TPSA) is 51.0 Å². The van der Waals surface area contributed by atoms with Crippen molar-refractivity contribution in [2.75, 3.05) is 4.90 Å². The molecule has 2 heterocycles. The second-order valence-corrected chi connectivity index (χ2v) is 6.31. The van der Waals surface area contributed by atoms with E-state index in [1.807, 2.05) is 53.2 Å². The van der Waals surface area contributed by atoms with Crippen molar-refractivity contribution in [3.8, 4) is 22.5 Å². The molecular formula is C21H20N4O. The summed E-state index contributed by atoms with van der Waals surface area (Å²) >= 11 is 0. The Morgan fingerprint density at radius 3 is 2.65 bits per heavy atom. The number of carbonyl (C=O) groups is 1. The van der Waals surface area contributed by atoms with Gasteiger partial charge in [0.05, 0.1) is 17.9 Å². The number of benzene rings is 2. The Hall–Kier alpha value is -3.21. The van der Waals surface area contributed by atoms with Gasteiger partial charge in [-0.05, 0) is 24.1 Å². The quantitative estimate of drug-likeness (QED) is 0.674. The molecule has 4 rings (SSSR count). The lowest BCUT2D eigenvalue weighted by atomic mass is 9.95. The molecule has 0 atom stereocenters. The SMILES string of the molecule is C=CC(=O)N1Cc2ccccc2-c2nnn(CCC)c2-c2ccccc21. The fourth-order valence-electron chi connectivity index (χ4n) is 3.49. The van der Waals surface area contributed by atoms with Gasteiger partial charge in [0, 0.05) is 17.7 Å². The molecule has 0 saturated heterocycles. The largest absolute Gasteiger partial charge is 0.304 e. The van der Waals surface area contributed by atoms with Gasteiger partial charge in [0.2, 0.25) is 0 Å². The van der Waals surface area contributed by atoms with E-state index in [1.54, 1.807) is 4.90 Å². The van der Waals surface area contributed by atoms with Gasteiger partial charge in [0.15, 0.2) is 0 Å². The summed E-state index contributed by atoms with van der Waals surface area (Å²) in [6.07, 6.45) is 2.32. The Morgan fingerprint density at radius 2 is 1.88 bits per heavy atom. The van der Waals surface area contributed by atoms with Gasteiger partial charge in [-0.2, -0.15) is 0 Å². The molecule has 26 heavy (non-hydrogen) atoms. The summed E-state index contributed by atoms with van der Waals surface area (Å²) in [5, 5.41) is 8.90. The van der Waals surface area contributed by atoms with E-state index in [0.29, 0.717) is 6.54 Å². The molecule has 130 valence electrons. The third kappa shape index (κ3) is 2.52. The number of aryl methyl sites for hydroxylation is 1. The predicted octanol–water partition coefficient (Wildman–Crippen LogP) is 4.05. The van der Waals surface area contributed by atoms with Gasteiger partial charge in [-0.3, -0.25) is 4.79 Å². The first-order chi connectivity index (χ1) is 12.7. The van der Waals surface area contributed by atoms with Crippen molar-refractivity contribution >= 4 is 11.6 Å². The van der Waals surface area contributed by atoms with Crippen LogP contribution in [0.15, 0.2) is 61.2 Å². The van der Waals surface area contributed by atoms with E-state index in [1.165, 1.54) is 6.08 Å². The van der Waals surface area contributed by atoms with E-state index in [9.17, 15) is 4.79 Å². The molecule has 2 aromatic carbocycles. The highest BCUT2D eigenvalue weighted by Crippen LogP contribution is 2.41. The number of para-hydroxylation sites is 1. The second kappa shape index (κ2) is 6.59. The summed E-state index contributed by atoms with van der Waals surface area (Å²) in [5.74, 6) is -0.120. The standard InChI is InChI=1S/C21H20N4O/c1-3-13-25-21-17-11-7-8-12-18(17)24(19(26)4-2)14-15-9-5-6-10-16(15)20(21)22-23-25/h4-12H,2-3,13-14H2,1H3. The van der Waals surface area contributed by atoms with Crippen LogP contribution in [0.2, 0.25) is 0 Å². The first kappa shape index (κ1) is 16.3. The zero-order valence-corrected chi connectivity index (χ0v) is 14.7. The Balaban J connectivity index is 2.07. The lowest BCUT2D eigenvalue weighted by molar-refractivity contribution is -0.114. The fraction of sp³-hybridized carbons (Fsp3) is 0.190. The molecule has 0 radical (unpaired) electrons. The first-order valence-corrected chi connectivity index (χ1v) is 8.79. The van der Waals surface area contributed by atoms with Crippen LogP contribution >= 0.6 is 0 Å². The smallest absolute Gasteiger partial charge is 0.250 e. The minimum atomic E-state index is -0.120. The maximum absolute atomic E-state index is 12.6. The number of aromatic nitrogens is 3. The summed E-state index contributed by atoms with van der Waals surface area (Å²) in [6, 6.07) is 16.0. The van der Waals surface area contributed by atoms with E-state index in [0.717, 1.165) is 46.7 Å². The van der Waals surface area contributed by atoms with E-state index < -0.39 is 0 Å². The molecule has 0 spiro atoms. The van der Waals surface area contributed by atoms with Gasteiger partial charge >= 0.3 is 0 Å². The maximum Gasteiger partial charge on any atom is 0.250 e. The molecule has 0 fully saturated rings. The molecule has 0 N–H and O–H groups in total. The minimum absolute atomic E-state index is 0.120. The Morgan fingerprint density at radius 1 is 1.15 bits per heavy atom. The van der Waals surface area contributed by atoms with Crippen LogP contribution in [0.5, 0.6) is 0 Å². The number of hydrogen-bond donors (Lipinski definition) is 0. The highest BCUT2D eigenvalue weighted by atomic mass is 16.2.